The van der Waals surface area contributed by atoms with Gasteiger partial charge in [0.05, 0.1) is 17.6 Å². The van der Waals surface area contributed by atoms with Gasteiger partial charge in [-0.25, -0.2) is 4.79 Å². The number of benzene rings is 1. The molecule has 2 heterocycles. The van der Waals surface area contributed by atoms with Crippen molar-refractivity contribution in [3.63, 3.8) is 0 Å². The van der Waals surface area contributed by atoms with E-state index in [-0.39, 0.29) is 17.6 Å². The molecule has 0 spiro atoms. The summed E-state index contributed by atoms with van der Waals surface area (Å²) in [4.78, 5) is 26.0. The minimum atomic E-state index is -0.175. The predicted molar refractivity (Wildman–Crippen MR) is 109 cm³/mol. The number of amides is 1. The average Bonchev–Trinajstić information content (AvgIpc) is 3.33. The van der Waals surface area contributed by atoms with E-state index in [1.54, 1.807) is 6.07 Å². The van der Waals surface area contributed by atoms with Crippen LogP contribution >= 0.6 is 0 Å². The summed E-state index contributed by atoms with van der Waals surface area (Å²) in [5.41, 5.74) is 3.15. The molecule has 2 aliphatic carbocycles. The Morgan fingerprint density at radius 2 is 1.93 bits per heavy atom. The second kappa shape index (κ2) is 7.54. The highest BCUT2D eigenvalue weighted by Gasteiger charge is 2.27. The summed E-state index contributed by atoms with van der Waals surface area (Å²) < 4.78 is 8.69. The van der Waals surface area contributed by atoms with Crippen LogP contribution in [-0.2, 0) is 13.1 Å². The van der Waals surface area contributed by atoms with Crippen LogP contribution in [0.3, 0.4) is 0 Å². The number of aromatic nitrogens is 3. The van der Waals surface area contributed by atoms with Crippen molar-refractivity contribution < 1.29 is 9.32 Å². The standard InChI is InChI=1S/C22H26N4O3/c27-21(23-13-17-10-11-29-24-17)16-8-9-19-20(12-16)25(14-15-6-7-15)22(28)26(19)18-4-2-1-3-5-18/h8-12,15,18H,1-7,13-14H2,(H,23,27). The monoisotopic (exact) mass is 394 g/mol. The quantitative estimate of drug-likeness (QED) is 0.692. The molecule has 1 aromatic carbocycles. The van der Waals surface area contributed by atoms with Crippen molar-refractivity contribution >= 4 is 16.9 Å². The zero-order valence-electron chi connectivity index (χ0n) is 16.5. The Labute approximate surface area is 168 Å². The van der Waals surface area contributed by atoms with Crippen molar-refractivity contribution in [1.29, 1.82) is 0 Å². The van der Waals surface area contributed by atoms with Gasteiger partial charge in [-0.1, -0.05) is 24.4 Å². The lowest BCUT2D eigenvalue weighted by atomic mass is 9.95. The molecule has 1 N–H and O–H groups in total. The molecule has 5 rings (SSSR count). The molecule has 7 heteroatoms. The lowest BCUT2D eigenvalue weighted by Gasteiger charge is -2.23. The fourth-order valence-corrected chi connectivity index (χ4v) is 4.45. The third-order valence-electron chi connectivity index (χ3n) is 6.22. The van der Waals surface area contributed by atoms with E-state index in [1.165, 1.54) is 38.4 Å². The van der Waals surface area contributed by atoms with Gasteiger partial charge in [-0.05, 0) is 49.8 Å². The van der Waals surface area contributed by atoms with Gasteiger partial charge in [0.1, 0.15) is 12.0 Å². The zero-order chi connectivity index (χ0) is 19.8. The Bertz CT molecular complexity index is 1070. The van der Waals surface area contributed by atoms with Crippen molar-refractivity contribution in [3.05, 3.63) is 52.3 Å². The van der Waals surface area contributed by atoms with Gasteiger partial charge in [-0.2, -0.15) is 0 Å². The molecule has 2 saturated carbocycles. The third-order valence-corrected chi connectivity index (χ3v) is 6.22. The summed E-state index contributed by atoms with van der Waals surface area (Å²) in [6.07, 6.45) is 9.56. The average molecular weight is 394 g/mol. The number of nitrogens with zero attached hydrogens (tertiary/aromatic N) is 3. The van der Waals surface area contributed by atoms with E-state index in [9.17, 15) is 9.59 Å². The smallest absolute Gasteiger partial charge is 0.329 e. The molecule has 152 valence electrons. The highest BCUT2D eigenvalue weighted by atomic mass is 16.5. The topological polar surface area (TPSA) is 82.1 Å². The second-order valence-electron chi connectivity index (χ2n) is 8.38. The van der Waals surface area contributed by atoms with E-state index in [4.69, 9.17) is 4.52 Å². The molecular weight excluding hydrogens is 368 g/mol. The number of nitrogens with one attached hydrogen (secondary N) is 1. The van der Waals surface area contributed by atoms with Crippen LogP contribution in [0.25, 0.3) is 11.0 Å². The zero-order valence-corrected chi connectivity index (χ0v) is 16.5. The minimum Gasteiger partial charge on any atom is -0.364 e. The van der Waals surface area contributed by atoms with Gasteiger partial charge < -0.3 is 9.84 Å². The number of hydrogen-bond acceptors (Lipinski definition) is 4. The number of hydrogen-bond donors (Lipinski definition) is 1. The van der Waals surface area contributed by atoms with Crippen LogP contribution in [-0.4, -0.2) is 20.2 Å². The summed E-state index contributed by atoms with van der Waals surface area (Å²) in [7, 11) is 0. The number of carbonyl (C=O) groups is 1. The largest absolute Gasteiger partial charge is 0.364 e. The Morgan fingerprint density at radius 1 is 1.10 bits per heavy atom. The van der Waals surface area contributed by atoms with E-state index in [2.05, 4.69) is 10.5 Å². The molecule has 0 aliphatic heterocycles. The number of fused-ring (bicyclic) bond motifs is 1. The lowest BCUT2D eigenvalue weighted by molar-refractivity contribution is 0.0950. The molecule has 2 aromatic heterocycles. The minimum absolute atomic E-state index is 0.0824. The van der Waals surface area contributed by atoms with Crippen molar-refractivity contribution in [1.82, 2.24) is 19.6 Å². The maximum Gasteiger partial charge on any atom is 0.329 e. The predicted octanol–water partition coefficient (Wildman–Crippen LogP) is 3.64. The summed E-state index contributed by atoms with van der Waals surface area (Å²) in [6.45, 7) is 1.06. The Kier molecular flexibility index (Phi) is 4.73. The number of imidazole rings is 1. The van der Waals surface area contributed by atoms with E-state index < -0.39 is 0 Å². The Morgan fingerprint density at radius 3 is 2.66 bits per heavy atom. The number of rotatable bonds is 6. The summed E-state index contributed by atoms with van der Waals surface area (Å²) in [6, 6.07) is 7.63. The van der Waals surface area contributed by atoms with Crippen molar-refractivity contribution in [2.24, 2.45) is 5.92 Å². The fraction of sp³-hybridized carbons (Fsp3) is 0.500. The molecule has 2 fully saturated rings. The van der Waals surface area contributed by atoms with Crippen LogP contribution < -0.4 is 11.0 Å². The van der Waals surface area contributed by atoms with E-state index in [1.807, 2.05) is 27.3 Å². The normalized spacial score (nSPS) is 17.7. The van der Waals surface area contributed by atoms with Gasteiger partial charge in [0.25, 0.3) is 5.91 Å². The van der Waals surface area contributed by atoms with E-state index in [0.717, 1.165) is 30.4 Å². The van der Waals surface area contributed by atoms with Crippen molar-refractivity contribution in [2.45, 2.75) is 64.1 Å². The van der Waals surface area contributed by atoms with E-state index in [0.29, 0.717) is 23.7 Å². The summed E-state index contributed by atoms with van der Waals surface area (Å²) in [5, 5.41) is 6.68. The molecule has 0 radical (unpaired) electrons. The number of carbonyl (C=O) groups excluding carboxylic acids is 1. The molecule has 0 bridgehead atoms. The molecule has 0 saturated heterocycles. The van der Waals surface area contributed by atoms with Gasteiger partial charge in [-0.3, -0.25) is 13.9 Å². The summed E-state index contributed by atoms with van der Waals surface area (Å²) >= 11 is 0. The van der Waals surface area contributed by atoms with Gasteiger partial charge in [0.2, 0.25) is 0 Å². The highest BCUT2D eigenvalue weighted by molar-refractivity contribution is 5.97. The van der Waals surface area contributed by atoms with E-state index >= 15 is 0 Å². The fourth-order valence-electron chi connectivity index (χ4n) is 4.45. The van der Waals surface area contributed by atoms with Gasteiger partial charge in [0, 0.05) is 24.2 Å². The molecule has 3 aromatic rings. The first-order chi connectivity index (χ1) is 14.2. The third kappa shape index (κ3) is 3.61. The van der Waals surface area contributed by atoms with Crippen LogP contribution in [0.15, 0.2) is 39.8 Å². The van der Waals surface area contributed by atoms with Crippen LogP contribution in [0.4, 0.5) is 0 Å². The van der Waals surface area contributed by atoms with Gasteiger partial charge in [-0.15, -0.1) is 0 Å². The first-order valence-electron chi connectivity index (χ1n) is 10.6. The van der Waals surface area contributed by atoms with Crippen LogP contribution in [0.1, 0.15) is 67.0 Å². The van der Waals surface area contributed by atoms with Crippen LogP contribution in [0.5, 0.6) is 0 Å². The molecule has 1 amide bonds. The highest BCUT2D eigenvalue weighted by Crippen LogP contribution is 2.33. The molecule has 29 heavy (non-hydrogen) atoms. The van der Waals surface area contributed by atoms with Crippen LogP contribution in [0.2, 0.25) is 0 Å². The first-order valence-corrected chi connectivity index (χ1v) is 10.6. The summed E-state index contributed by atoms with van der Waals surface area (Å²) in [5.74, 6) is 0.411. The lowest BCUT2D eigenvalue weighted by Crippen LogP contribution is -2.29. The molecule has 0 unspecified atom stereocenters. The Hall–Kier alpha value is -2.83. The second-order valence-corrected chi connectivity index (χ2v) is 8.38. The maximum absolute atomic E-state index is 13.3. The molecule has 7 nitrogen and oxygen atoms in total. The SMILES string of the molecule is O=C(NCc1ccon1)c1ccc2c(c1)n(CC1CC1)c(=O)n2C1CCCCC1. The maximum atomic E-state index is 13.3. The Balaban J connectivity index is 1.49. The van der Waals surface area contributed by atoms with Gasteiger partial charge >= 0.3 is 5.69 Å². The van der Waals surface area contributed by atoms with Crippen LogP contribution in [0, 0.1) is 5.92 Å². The first kappa shape index (κ1) is 18.2. The van der Waals surface area contributed by atoms with Crippen molar-refractivity contribution in [3.8, 4) is 0 Å². The molecular formula is C22H26N4O3. The molecule has 0 atom stereocenters. The van der Waals surface area contributed by atoms with Crippen molar-refractivity contribution in [2.75, 3.05) is 0 Å². The van der Waals surface area contributed by atoms with Gasteiger partial charge in [0.15, 0.2) is 0 Å². The molecule has 2 aliphatic rings.